The summed E-state index contributed by atoms with van der Waals surface area (Å²) in [6.45, 7) is 4.16. The second-order valence-electron chi connectivity index (χ2n) is 4.92. The summed E-state index contributed by atoms with van der Waals surface area (Å²) in [6, 6.07) is 6.07. The van der Waals surface area contributed by atoms with Crippen LogP contribution in [0.3, 0.4) is 0 Å². The fourth-order valence-electron chi connectivity index (χ4n) is 2.25. The molecule has 5 nitrogen and oxygen atoms in total. The molecule has 0 bridgehead atoms. The van der Waals surface area contributed by atoms with Gasteiger partial charge in [0.05, 0.1) is 6.20 Å². The molecule has 0 saturated carbocycles. The van der Waals surface area contributed by atoms with Crippen molar-refractivity contribution in [2.75, 3.05) is 23.3 Å². The number of aromatic nitrogens is 3. The lowest BCUT2D eigenvalue weighted by Crippen LogP contribution is -2.19. The highest BCUT2D eigenvalue weighted by atomic mass is 79.9. The molecule has 0 spiro atoms. The Morgan fingerprint density at radius 2 is 2.05 bits per heavy atom. The number of nitrogens with zero attached hydrogens (tertiary/aromatic N) is 4. The first-order valence-electron chi connectivity index (χ1n) is 6.70. The van der Waals surface area contributed by atoms with Crippen LogP contribution in [0.1, 0.15) is 18.4 Å². The Hall–Kier alpha value is -1.69. The maximum Gasteiger partial charge on any atom is 0.249 e. The topological polar surface area (TPSA) is 53.9 Å². The summed E-state index contributed by atoms with van der Waals surface area (Å²) in [5.41, 5.74) is 2.14. The highest BCUT2D eigenvalue weighted by molar-refractivity contribution is 9.10. The van der Waals surface area contributed by atoms with E-state index in [4.69, 9.17) is 0 Å². The highest BCUT2D eigenvalue weighted by Crippen LogP contribution is 2.23. The SMILES string of the molecule is Cc1ccc(Nc2nncc(N3CCCC3)n2)cc1Br. The van der Waals surface area contributed by atoms with Gasteiger partial charge in [-0.2, -0.15) is 10.1 Å². The van der Waals surface area contributed by atoms with E-state index < -0.39 is 0 Å². The zero-order valence-electron chi connectivity index (χ0n) is 11.3. The summed E-state index contributed by atoms with van der Waals surface area (Å²) < 4.78 is 1.06. The molecular formula is C14H16BrN5. The Balaban J connectivity index is 1.79. The number of anilines is 3. The number of nitrogens with one attached hydrogen (secondary N) is 1. The van der Waals surface area contributed by atoms with Crippen molar-refractivity contribution < 1.29 is 0 Å². The lowest BCUT2D eigenvalue weighted by atomic mass is 10.2. The third-order valence-corrected chi connectivity index (χ3v) is 4.26. The lowest BCUT2D eigenvalue weighted by Gasteiger charge is -2.16. The molecule has 104 valence electrons. The van der Waals surface area contributed by atoms with E-state index in [0.29, 0.717) is 5.95 Å². The van der Waals surface area contributed by atoms with Crippen molar-refractivity contribution in [1.82, 2.24) is 15.2 Å². The van der Waals surface area contributed by atoms with E-state index in [1.54, 1.807) is 6.20 Å². The van der Waals surface area contributed by atoms with Crippen LogP contribution in [0.25, 0.3) is 0 Å². The van der Waals surface area contributed by atoms with Crippen LogP contribution in [0.5, 0.6) is 0 Å². The maximum absolute atomic E-state index is 4.53. The molecule has 1 N–H and O–H groups in total. The molecule has 1 fully saturated rings. The molecule has 0 radical (unpaired) electrons. The second kappa shape index (κ2) is 5.75. The third kappa shape index (κ3) is 2.90. The van der Waals surface area contributed by atoms with Crippen molar-refractivity contribution in [1.29, 1.82) is 0 Å². The minimum absolute atomic E-state index is 0.533. The summed E-state index contributed by atoms with van der Waals surface area (Å²) in [7, 11) is 0. The van der Waals surface area contributed by atoms with E-state index >= 15 is 0 Å². The van der Waals surface area contributed by atoms with Gasteiger partial charge in [0.2, 0.25) is 5.95 Å². The second-order valence-corrected chi connectivity index (χ2v) is 5.78. The number of benzene rings is 1. The van der Waals surface area contributed by atoms with Crippen LogP contribution in [0.4, 0.5) is 17.5 Å². The Labute approximate surface area is 126 Å². The molecule has 6 heteroatoms. The van der Waals surface area contributed by atoms with Crippen molar-refractivity contribution >= 4 is 33.4 Å². The van der Waals surface area contributed by atoms with E-state index in [2.05, 4.69) is 48.3 Å². The van der Waals surface area contributed by atoms with Crippen LogP contribution in [-0.4, -0.2) is 28.3 Å². The van der Waals surface area contributed by atoms with Gasteiger partial charge < -0.3 is 10.2 Å². The predicted octanol–water partition coefficient (Wildman–Crippen LogP) is 3.29. The van der Waals surface area contributed by atoms with Crippen molar-refractivity contribution in [2.45, 2.75) is 19.8 Å². The van der Waals surface area contributed by atoms with Gasteiger partial charge in [-0.25, -0.2) is 0 Å². The smallest absolute Gasteiger partial charge is 0.249 e. The van der Waals surface area contributed by atoms with Crippen LogP contribution in [0.15, 0.2) is 28.9 Å². The molecular weight excluding hydrogens is 318 g/mol. The average Bonchev–Trinajstić information content (AvgIpc) is 2.97. The van der Waals surface area contributed by atoms with Gasteiger partial charge in [-0.15, -0.1) is 5.10 Å². The molecule has 1 aliphatic heterocycles. The first-order chi connectivity index (χ1) is 9.72. The molecule has 1 aromatic heterocycles. The molecule has 0 unspecified atom stereocenters. The molecule has 1 saturated heterocycles. The zero-order chi connectivity index (χ0) is 13.9. The summed E-state index contributed by atoms with van der Waals surface area (Å²) in [6.07, 6.45) is 4.16. The van der Waals surface area contributed by atoms with Crippen molar-refractivity contribution in [3.63, 3.8) is 0 Å². The Morgan fingerprint density at radius 1 is 1.25 bits per heavy atom. The van der Waals surface area contributed by atoms with Crippen LogP contribution in [0, 0.1) is 6.92 Å². The van der Waals surface area contributed by atoms with Crippen molar-refractivity contribution in [3.05, 3.63) is 34.4 Å². The minimum Gasteiger partial charge on any atom is -0.355 e. The van der Waals surface area contributed by atoms with E-state index in [1.165, 1.54) is 18.4 Å². The molecule has 3 rings (SSSR count). The van der Waals surface area contributed by atoms with Gasteiger partial charge in [0.1, 0.15) is 0 Å². The molecule has 0 aliphatic carbocycles. The van der Waals surface area contributed by atoms with Gasteiger partial charge in [0, 0.05) is 23.2 Å². The Kier molecular flexibility index (Phi) is 3.82. The van der Waals surface area contributed by atoms with Gasteiger partial charge in [0.15, 0.2) is 5.82 Å². The number of hydrogen-bond acceptors (Lipinski definition) is 5. The molecule has 1 aliphatic rings. The minimum atomic E-state index is 0.533. The van der Waals surface area contributed by atoms with E-state index in [1.807, 2.05) is 18.2 Å². The largest absolute Gasteiger partial charge is 0.355 e. The molecule has 2 heterocycles. The first-order valence-corrected chi connectivity index (χ1v) is 7.49. The fraction of sp³-hybridized carbons (Fsp3) is 0.357. The van der Waals surface area contributed by atoms with Crippen molar-refractivity contribution in [3.8, 4) is 0 Å². The van der Waals surface area contributed by atoms with E-state index in [0.717, 1.165) is 29.1 Å². The number of rotatable bonds is 3. The summed E-state index contributed by atoms with van der Waals surface area (Å²) >= 11 is 3.52. The van der Waals surface area contributed by atoms with Crippen molar-refractivity contribution in [2.24, 2.45) is 0 Å². The van der Waals surface area contributed by atoms with Crippen LogP contribution < -0.4 is 10.2 Å². The third-order valence-electron chi connectivity index (χ3n) is 3.40. The Bertz CT molecular complexity index is 610. The monoisotopic (exact) mass is 333 g/mol. The van der Waals surface area contributed by atoms with Gasteiger partial charge in [-0.05, 0) is 37.5 Å². The van der Waals surface area contributed by atoms with Crippen LogP contribution >= 0.6 is 15.9 Å². The van der Waals surface area contributed by atoms with E-state index in [9.17, 15) is 0 Å². The first kappa shape index (κ1) is 13.3. The van der Waals surface area contributed by atoms with Crippen LogP contribution in [0.2, 0.25) is 0 Å². The van der Waals surface area contributed by atoms with E-state index in [-0.39, 0.29) is 0 Å². The fourth-order valence-corrected chi connectivity index (χ4v) is 2.62. The summed E-state index contributed by atoms with van der Waals surface area (Å²) in [4.78, 5) is 6.77. The molecule has 0 atom stereocenters. The molecule has 2 aromatic rings. The standard InChI is InChI=1S/C14H16BrN5/c1-10-4-5-11(8-12(10)15)17-14-18-13(9-16-19-14)20-6-2-3-7-20/h4-5,8-9H,2-3,6-7H2,1H3,(H,17,18,19). The Morgan fingerprint density at radius 3 is 2.80 bits per heavy atom. The van der Waals surface area contributed by atoms with Crippen LogP contribution in [-0.2, 0) is 0 Å². The normalized spacial score (nSPS) is 14.6. The lowest BCUT2D eigenvalue weighted by molar-refractivity contribution is 0.890. The average molecular weight is 334 g/mol. The van der Waals surface area contributed by atoms with Gasteiger partial charge in [0.25, 0.3) is 0 Å². The molecule has 1 aromatic carbocycles. The summed E-state index contributed by atoms with van der Waals surface area (Å²) in [5, 5.41) is 11.3. The summed E-state index contributed by atoms with van der Waals surface area (Å²) in [5.74, 6) is 1.43. The number of hydrogen-bond donors (Lipinski definition) is 1. The zero-order valence-corrected chi connectivity index (χ0v) is 12.9. The van der Waals surface area contributed by atoms with Gasteiger partial charge in [-0.3, -0.25) is 0 Å². The van der Waals surface area contributed by atoms with Gasteiger partial charge in [-0.1, -0.05) is 22.0 Å². The molecule has 20 heavy (non-hydrogen) atoms. The highest BCUT2D eigenvalue weighted by Gasteiger charge is 2.14. The number of aryl methyl sites for hydroxylation is 1. The number of halogens is 1. The maximum atomic E-state index is 4.53. The quantitative estimate of drug-likeness (QED) is 0.933. The van der Waals surface area contributed by atoms with Gasteiger partial charge >= 0.3 is 0 Å². The molecule has 0 amide bonds. The predicted molar refractivity (Wildman–Crippen MR) is 83.4 cm³/mol.